The lowest BCUT2D eigenvalue weighted by Crippen LogP contribution is -2.43. The van der Waals surface area contributed by atoms with E-state index in [4.69, 9.17) is 4.42 Å². The van der Waals surface area contributed by atoms with Gasteiger partial charge in [0.05, 0.1) is 17.7 Å². The number of hydrogen-bond donors (Lipinski definition) is 1. The fraction of sp³-hybridized carbons (Fsp3) is 0.429. The van der Waals surface area contributed by atoms with Crippen LogP contribution in [0.3, 0.4) is 0 Å². The van der Waals surface area contributed by atoms with E-state index >= 15 is 0 Å². The van der Waals surface area contributed by atoms with Crippen molar-refractivity contribution in [2.45, 2.75) is 19.8 Å². The summed E-state index contributed by atoms with van der Waals surface area (Å²) < 4.78 is 4.94. The van der Waals surface area contributed by atoms with Crippen molar-refractivity contribution in [3.63, 3.8) is 0 Å². The van der Waals surface area contributed by atoms with Crippen molar-refractivity contribution in [3.8, 4) is 0 Å². The number of aromatic nitrogens is 2. The molecule has 2 aromatic heterocycles. The number of nitrogens with zero attached hydrogens (tertiary/aromatic N) is 3. The number of hydrogen-bond acceptors (Lipinski definition) is 6. The van der Waals surface area contributed by atoms with Crippen LogP contribution in [0.1, 0.15) is 28.2 Å². The minimum Gasteiger partial charge on any atom is -0.472 e. The van der Waals surface area contributed by atoms with Crippen molar-refractivity contribution in [2.24, 2.45) is 5.92 Å². The lowest BCUT2D eigenvalue weighted by Gasteiger charge is -2.31. The van der Waals surface area contributed by atoms with Crippen LogP contribution in [-0.2, 0) is 4.79 Å². The van der Waals surface area contributed by atoms with Crippen LogP contribution in [0.25, 0.3) is 0 Å². The van der Waals surface area contributed by atoms with Crippen molar-refractivity contribution < 1.29 is 14.0 Å². The number of nitrogens with one attached hydrogen (secondary N) is 1. The molecule has 1 saturated heterocycles. The molecule has 1 fully saturated rings. The average Bonchev–Trinajstić information content (AvgIpc) is 3.18. The summed E-state index contributed by atoms with van der Waals surface area (Å²) in [5.74, 6) is -0.437. The molecule has 2 amide bonds. The van der Waals surface area contributed by atoms with Gasteiger partial charge in [-0.25, -0.2) is 0 Å². The first kappa shape index (κ1) is 14.7. The highest BCUT2D eigenvalue weighted by molar-refractivity contribution is 7.15. The van der Waals surface area contributed by atoms with Crippen molar-refractivity contribution in [1.29, 1.82) is 0 Å². The summed E-state index contributed by atoms with van der Waals surface area (Å²) in [5.41, 5.74) is 0.515. The van der Waals surface area contributed by atoms with Crippen molar-refractivity contribution in [1.82, 2.24) is 15.1 Å². The maximum atomic E-state index is 12.3. The summed E-state index contributed by atoms with van der Waals surface area (Å²) >= 11 is 1.34. The van der Waals surface area contributed by atoms with Gasteiger partial charge >= 0.3 is 0 Å². The molecule has 0 bridgehead atoms. The van der Waals surface area contributed by atoms with Gasteiger partial charge in [0.15, 0.2) is 0 Å². The smallest absolute Gasteiger partial charge is 0.257 e. The Bertz CT molecular complexity index is 667. The highest BCUT2D eigenvalue weighted by atomic mass is 32.1. The van der Waals surface area contributed by atoms with Gasteiger partial charge in [0.25, 0.3) is 5.91 Å². The summed E-state index contributed by atoms with van der Waals surface area (Å²) in [6, 6.07) is 1.63. The Kier molecular flexibility index (Phi) is 4.19. The van der Waals surface area contributed by atoms with E-state index in [0.29, 0.717) is 23.8 Å². The summed E-state index contributed by atoms with van der Waals surface area (Å²) in [4.78, 5) is 26.3. The second-order valence-electron chi connectivity index (χ2n) is 5.22. The van der Waals surface area contributed by atoms with Gasteiger partial charge in [0, 0.05) is 13.1 Å². The Morgan fingerprint density at radius 3 is 3.00 bits per heavy atom. The summed E-state index contributed by atoms with van der Waals surface area (Å²) in [6.45, 7) is 2.90. The van der Waals surface area contributed by atoms with Crippen LogP contribution in [0, 0.1) is 12.8 Å². The molecule has 3 rings (SSSR count). The molecule has 1 aliphatic heterocycles. The highest BCUT2D eigenvalue weighted by Gasteiger charge is 2.29. The van der Waals surface area contributed by atoms with Crippen LogP contribution in [0.5, 0.6) is 0 Å². The number of furan rings is 1. The predicted octanol–water partition coefficient (Wildman–Crippen LogP) is 1.93. The number of piperidine rings is 1. The molecular weight excluding hydrogens is 304 g/mol. The van der Waals surface area contributed by atoms with Gasteiger partial charge in [0.1, 0.15) is 11.3 Å². The molecule has 1 atom stereocenters. The maximum absolute atomic E-state index is 12.3. The third kappa shape index (κ3) is 3.16. The summed E-state index contributed by atoms with van der Waals surface area (Å²) in [5, 5.41) is 11.8. The SMILES string of the molecule is Cc1nnc(NC(=O)C2CCCN(C(=O)c3ccoc3)C2)s1. The minimum atomic E-state index is -0.228. The first-order chi connectivity index (χ1) is 10.6. The van der Waals surface area contributed by atoms with Crippen molar-refractivity contribution in [3.05, 3.63) is 29.2 Å². The van der Waals surface area contributed by atoms with E-state index in [1.807, 2.05) is 6.92 Å². The monoisotopic (exact) mass is 320 g/mol. The van der Waals surface area contributed by atoms with Crippen molar-refractivity contribution >= 4 is 28.3 Å². The van der Waals surface area contributed by atoms with Crippen molar-refractivity contribution in [2.75, 3.05) is 18.4 Å². The van der Waals surface area contributed by atoms with Crippen LogP contribution in [0.15, 0.2) is 23.0 Å². The molecule has 3 heterocycles. The van der Waals surface area contributed by atoms with Crippen LogP contribution in [0.2, 0.25) is 0 Å². The fourth-order valence-corrected chi connectivity index (χ4v) is 3.09. The molecule has 2 aromatic rings. The zero-order valence-electron chi connectivity index (χ0n) is 12.1. The van der Waals surface area contributed by atoms with Gasteiger partial charge in [-0.3, -0.25) is 9.59 Å². The second kappa shape index (κ2) is 6.27. The normalized spacial score (nSPS) is 18.2. The average molecular weight is 320 g/mol. The molecule has 1 N–H and O–H groups in total. The third-order valence-corrected chi connectivity index (χ3v) is 4.36. The summed E-state index contributed by atoms with van der Waals surface area (Å²) in [6.07, 6.45) is 4.46. The van der Waals surface area contributed by atoms with Crippen LogP contribution >= 0.6 is 11.3 Å². The van der Waals surface area contributed by atoms with E-state index in [1.165, 1.54) is 23.9 Å². The number of likely N-dealkylation sites (tertiary alicyclic amines) is 1. The Balaban J connectivity index is 1.62. The Morgan fingerprint density at radius 2 is 2.32 bits per heavy atom. The Labute approximate surface area is 131 Å². The molecule has 1 unspecified atom stereocenters. The lowest BCUT2D eigenvalue weighted by atomic mass is 9.97. The van der Waals surface area contributed by atoms with E-state index in [1.54, 1.807) is 11.0 Å². The van der Waals surface area contributed by atoms with Gasteiger partial charge in [0.2, 0.25) is 11.0 Å². The molecule has 0 saturated carbocycles. The number of anilines is 1. The molecule has 1 aliphatic rings. The van der Waals surface area contributed by atoms with Crippen LogP contribution < -0.4 is 5.32 Å². The van der Waals surface area contributed by atoms with Gasteiger partial charge < -0.3 is 14.6 Å². The first-order valence-corrected chi connectivity index (χ1v) is 7.87. The first-order valence-electron chi connectivity index (χ1n) is 7.06. The molecule has 0 spiro atoms. The van der Waals surface area contributed by atoms with Gasteiger partial charge in [-0.1, -0.05) is 11.3 Å². The molecule has 0 aliphatic carbocycles. The second-order valence-corrected chi connectivity index (χ2v) is 6.40. The number of amides is 2. The van der Waals surface area contributed by atoms with E-state index in [0.717, 1.165) is 17.8 Å². The van der Waals surface area contributed by atoms with Gasteiger partial charge in [-0.05, 0) is 25.8 Å². The molecule has 0 radical (unpaired) electrons. The standard InChI is InChI=1S/C14H16N4O3S/c1-9-16-17-14(22-9)15-12(19)10-3-2-5-18(7-10)13(20)11-4-6-21-8-11/h4,6,8,10H,2-3,5,7H2,1H3,(H,15,17,19). The van der Waals surface area contributed by atoms with Crippen LogP contribution in [-0.4, -0.2) is 40.0 Å². The molecular formula is C14H16N4O3S. The lowest BCUT2D eigenvalue weighted by molar-refractivity contribution is -0.121. The molecule has 0 aromatic carbocycles. The molecule has 22 heavy (non-hydrogen) atoms. The van der Waals surface area contributed by atoms with E-state index in [-0.39, 0.29) is 17.7 Å². The zero-order chi connectivity index (χ0) is 15.5. The number of rotatable bonds is 3. The van der Waals surface area contributed by atoms with Gasteiger partial charge in [-0.2, -0.15) is 0 Å². The molecule has 8 heteroatoms. The minimum absolute atomic E-state index is 0.0991. The topological polar surface area (TPSA) is 88.3 Å². The highest BCUT2D eigenvalue weighted by Crippen LogP contribution is 2.21. The maximum Gasteiger partial charge on any atom is 0.257 e. The Morgan fingerprint density at radius 1 is 1.45 bits per heavy atom. The Hall–Kier alpha value is -2.22. The van der Waals surface area contributed by atoms with Gasteiger partial charge in [-0.15, -0.1) is 10.2 Å². The quantitative estimate of drug-likeness (QED) is 0.933. The summed E-state index contributed by atoms with van der Waals surface area (Å²) in [7, 11) is 0. The molecule has 116 valence electrons. The number of aryl methyl sites for hydroxylation is 1. The van der Waals surface area contributed by atoms with E-state index in [2.05, 4.69) is 15.5 Å². The number of carbonyl (C=O) groups is 2. The number of carbonyl (C=O) groups excluding carboxylic acids is 2. The third-order valence-electron chi connectivity index (χ3n) is 3.60. The zero-order valence-corrected chi connectivity index (χ0v) is 12.9. The fourth-order valence-electron chi connectivity index (χ4n) is 2.50. The predicted molar refractivity (Wildman–Crippen MR) is 80.6 cm³/mol. The largest absolute Gasteiger partial charge is 0.472 e. The molecule has 7 nitrogen and oxygen atoms in total. The van der Waals surface area contributed by atoms with E-state index in [9.17, 15) is 9.59 Å². The van der Waals surface area contributed by atoms with Crippen LogP contribution in [0.4, 0.5) is 5.13 Å². The van der Waals surface area contributed by atoms with E-state index < -0.39 is 0 Å².